The van der Waals surface area contributed by atoms with Gasteiger partial charge < -0.3 is 9.47 Å². The van der Waals surface area contributed by atoms with Crippen molar-refractivity contribution in [3.63, 3.8) is 0 Å². The quantitative estimate of drug-likeness (QED) is 0.650. The predicted molar refractivity (Wildman–Crippen MR) is 63.1 cm³/mol. The molecule has 0 aromatic heterocycles. The minimum atomic E-state index is -0.897. The summed E-state index contributed by atoms with van der Waals surface area (Å²) in [5.41, 5.74) is 0. The third kappa shape index (κ3) is 2.60. The fraction of sp³-hybridized carbons (Fsp3) is 0.615. The monoisotopic (exact) mass is 224 g/mol. The molecule has 3 heteroatoms. The van der Waals surface area contributed by atoms with Crippen LogP contribution in [0.15, 0.2) is 24.3 Å². The van der Waals surface area contributed by atoms with Gasteiger partial charge in [0.15, 0.2) is 0 Å². The standard InChI is InChI=1S/C13H20O3/c1-4-12(14)11-9-7-8-10-13(11,15-5-2)16-6-3/h7-11H,4-6H2,1-3H3. The minimum absolute atomic E-state index is 0.141. The minimum Gasteiger partial charge on any atom is -0.346 e. The smallest absolute Gasteiger partial charge is 0.201 e. The number of carbonyl (C=O) groups excluding carboxylic acids is 1. The lowest BCUT2D eigenvalue weighted by atomic mass is 9.88. The molecule has 0 aliphatic heterocycles. The first kappa shape index (κ1) is 13.1. The Morgan fingerprint density at radius 2 is 1.81 bits per heavy atom. The highest BCUT2D eigenvalue weighted by Crippen LogP contribution is 2.31. The molecule has 0 N–H and O–H groups in total. The second kappa shape index (κ2) is 5.97. The molecule has 3 nitrogen and oxygen atoms in total. The number of ether oxygens (including phenoxy) is 2. The normalized spacial score (nSPS) is 22.3. The van der Waals surface area contributed by atoms with Crippen LogP contribution in [-0.4, -0.2) is 24.8 Å². The van der Waals surface area contributed by atoms with Gasteiger partial charge in [0, 0.05) is 19.6 Å². The Labute approximate surface area is 97.1 Å². The highest BCUT2D eigenvalue weighted by atomic mass is 16.7. The summed E-state index contributed by atoms with van der Waals surface area (Å²) in [5.74, 6) is -1.09. The maximum atomic E-state index is 11.9. The van der Waals surface area contributed by atoms with Crippen molar-refractivity contribution < 1.29 is 14.3 Å². The van der Waals surface area contributed by atoms with Crippen molar-refractivity contribution in [1.82, 2.24) is 0 Å². The van der Waals surface area contributed by atoms with Crippen LogP contribution in [0.4, 0.5) is 0 Å². The van der Waals surface area contributed by atoms with E-state index in [0.717, 1.165) is 0 Å². The highest BCUT2D eigenvalue weighted by molar-refractivity contribution is 5.84. The molecule has 1 aliphatic carbocycles. The van der Waals surface area contributed by atoms with Gasteiger partial charge >= 0.3 is 0 Å². The third-order valence-electron chi connectivity index (χ3n) is 2.61. The summed E-state index contributed by atoms with van der Waals surface area (Å²) in [7, 11) is 0. The van der Waals surface area contributed by atoms with Crippen molar-refractivity contribution in [2.24, 2.45) is 5.92 Å². The van der Waals surface area contributed by atoms with E-state index in [-0.39, 0.29) is 11.7 Å². The van der Waals surface area contributed by atoms with Crippen molar-refractivity contribution in [3.05, 3.63) is 24.3 Å². The Morgan fingerprint density at radius 3 is 2.31 bits per heavy atom. The number of carbonyl (C=O) groups is 1. The zero-order valence-electron chi connectivity index (χ0n) is 10.2. The first-order valence-corrected chi connectivity index (χ1v) is 5.86. The third-order valence-corrected chi connectivity index (χ3v) is 2.61. The lowest BCUT2D eigenvalue weighted by Crippen LogP contribution is -2.45. The second-order valence-electron chi connectivity index (χ2n) is 3.63. The molecular formula is C13H20O3. The summed E-state index contributed by atoms with van der Waals surface area (Å²) < 4.78 is 11.3. The van der Waals surface area contributed by atoms with Crippen molar-refractivity contribution in [3.8, 4) is 0 Å². The van der Waals surface area contributed by atoms with Gasteiger partial charge in [-0.05, 0) is 19.9 Å². The number of rotatable bonds is 6. The zero-order valence-corrected chi connectivity index (χ0v) is 10.2. The van der Waals surface area contributed by atoms with Crippen molar-refractivity contribution in [1.29, 1.82) is 0 Å². The fourth-order valence-electron chi connectivity index (χ4n) is 1.92. The summed E-state index contributed by atoms with van der Waals surface area (Å²) in [6.45, 7) is 6.70. The molecule has 1 rings (SSSR count). The molecule has 0 spiro atoms. The van der Waals surface area contributed by atoms with Crippen LogP contribution in [0.1, 0.15) is 27.2 Å². The molecule has 16 heavy (non-hydrogen) atoms. The summed E-state index contributed by atoms with van der Waals surface area (Å²) in [6.07, 6.45) is 7.92. The van der Waals surface area contributed by atoms with Gasteiger partial charge in [0.05, 0.1) is 5.92 Å². The van der Waals surface area contributed by atoms with Gasteiger partial charge in [0.25, 0.3) is 0 Å². The van der Waals surface area contributed by atoms with Gasteiger partial charge in [0.2, 0.25) is 5.79 Å². The zero-order chi connectivity index (χ0) is 12.0. The summed E-state index contributed by atoms with van der Waals surface area (Å²) in [5, 5.41) is 0. The van der Waals surface area contributed by atoms with E-state index in [0.29, 0.717) is 19.6 Å². The van der Waals surface area contributed by atoms with Crippen LogP contribution in [0.2, 0.25) is 0 Å². The number of ketones is 1. The molecule has 0 aromatic carbocycles. The Morgan fingerprint density at radius 1 is 1.19 bits per heavy atom. The molecule has 0 aromatic rings. The molecule has 0 amide bonds. The Hall–Kier alpha value is -0.930. The predicted octanol–water partition coefficient (Wildman–Crippen LogP) is 2.48. The van der Waals surface area contributed by atoms with Gasteiger partial charge in [-0.3, -0.25) is 4.79 Å². The first-order valence-electron chi connectivity index (χ1n) is 5.86. The van der Waals surface area contributed by atoms with Crippen LogP contribution in [0.25, 0.3) is 0 Å². The summed E-state index contributed by atoms with van der Waals surface area (Å²) in [4.78, 5) is 11.9. The van der Waals surface area contributed by atoms with E-state index in [1.54, 1.807) is 0 Å². The van der Waals surface area contributed by atoms with Crippen molar-refractivity contribution in [2.75, 3.05) is 13.2 Å². The maximum Gasteiger partial charge on any atom is 0.201 e. The van der Waals surface area contributed by atoms with Crippen LogP contribution in [0.5, 0.6) is 0 Å². The van der Waals surface area contributed by atoms with Gasteiger partial charge in [-0.1, -0.05) is 25.2 Å². The number of allylic oxidation sites excluding steroid dienone is 2. The summed E-state index contributed by atoms with van der Waals surface area (Å²) in [6, 6.07) is 0. The molecule has 0 fully saturated rings. The number of hydrogen-bond acceptors (Lipinski definition) is 3. The first-order chi connectivity index (χ1) is 7.70. The molecule has 1 aliphatic rings. The maximum absolute atomic E-state index is 11.9. The largest absolute Gasteiger partial charge is 0.346 e. The van der Waals surface area contributed by atoms with E-state index in [1.165, 1.54) is 0 Å². The molecule has 0 heterocycles. The van der Waals surface area contributed by atoms with E-state index in [9.17, 15) is 4.79 Å². The molecule has 90 valence electrons. The lowest BCUT2D eigenvalue weighted by molar-refractivity contribution is -0.220. The molecule has 1 atom stereocenters. The van der Waals surface area contributed by atoms with Crippen molar-refractivity contribution in [2.45, 2.75) is 33.0 Å². The van der Waals surface area contributed by atoms with Crippen LogP contribution in [0.3, 0.4) is 0 Å². The molecule has 0 saturated carbocycles. The van der Waals surface area contributed by atoms with Gasteiger partial charge in [0.1, 0.15) is 5.78 Å². The summed E-state index contributed by atoms with van der Waals surface area (Å²) >= 11 is 0. The van der Waals surface area contributed by atoms with Crippen LogP contribution in [0, 0.1) is 5.92 Å². The average Bonchev–Trinajstić information content (AvgIpc) is 2.29. The second-order valence-corrected chi connectivity index (χ2v) is 3.63. The Bertz CT molecular complexity index is 286. The van der Waals surface area contributed by atoms with Gasteiger partial charge in [-0.2, -0.15) is 0 Å². The van der Waals surface area contributed by atoms with E-state index < -0.39 is 5.79 Å². The molecule has 0 bridgehead atoms. The average molecular weight is 224 g/mol. The van der Waals surface area contributed by atoms with Gasteiger partial charge in [-0.25, -0.2) is 0 Å². The topological polar surface area (TPSA) is 35.5 Å². The molecule has 0 saturated heterocycles. The molecule has 0 radical (unpaired) electrons. The highest BCUT2D eigenvalue weighted by Gasteiger charge is 2.41. The number of Topliss-reactive ketones (excluding diaryl/α,β-unsaturated/α-hetero) is 1. The van der Waals surface area contributed by atoms with E-state index in [2.05, 4.69) is 0 Å². The van der Waals surface area contributed by atoms with Crippen LogP contribution >= 0.6 is 0 Å². The molecular weight excluding hydrogens is 204 g/mol. The lowest BCUT2D eigenvalue weighted by Gasteiger charge is -2.36. The Kier molecular flexibility index (Phi) is 4.90. The van der Waals surface area contributed by atoms with E-state index >= 15 is 0 Å². The Balaban J connectivity index is 2.96. The van der Waals surface area contributed by atoms with Crippen LogP contribution in [-0.2, 0) is 14.3 Å². The SMILES string of the molecule is CCOC1(OCC)C=CC=CC1C(=O)CC. The van der Waals surface area contributed by atoms with E-state index in [1.807, 2.05) is 45.1 Å². The van der Waals surface area contributed by atoms with Crippen LogP contribution < -0.4 is 0 Å². The molecule has 1 unspecified atom stereocenters. The van der Waals surface area contributed by atoms with E-state index in [4.69, 9.17) is 9.47 Å². The fourth-order valence-corrected chi connectivity index (χ4v) is 1.92. The number of hydrogen-bond donors (Lipinski definition) is 0. The van der Waals surface area contributed by atoms with Crippen molar-refractivity contribution >= 4 is 5.78 Å². The van der Waals surface area contributed by atoms with Gasteiger partial charge in [-0.15, -0.1) is 0 Å².